The summed E-state index contributed by atoms with van der Waals surface area (Å²) in [5, 5.41) is 8.74. The number of hydrogen-bond acceptors (Lipinski definition) is 6. The Labute approximate surface area is 183 Å². The number of benzene rings is 1. The second-order valence-electron chi connectivity index (χ2n) is 8.40. The van der Waals surface area contributed by atoms with E-state index in [1.54, 1.807) is 6.26 Å². The maximum atomic E-state index is 11.9. The number of nitrogens with one attached hydrogen (secondary N) is 1. The van der Waals surface area contributed by atoms with Crippen molar-refractivity contribution >= 4 is 10.0 Å². The molecule has 0 fully saturated rings. The molecular formula is C22H29N5O3S. The van der Waals surface area contributed by atoms with Crippen LogP contribution < -0.4 is 4.72 Å². The van der Waals surface area contributed by atoms with Crippen LogP contribution in [0.1, 0.15) is 37.1 Å². The molecule has 0 bridgehead atoms. The Morgan fingerprint density at radius 2 is 1.90 bits per heavy atom. The Hall–Kier alpha value is -2.49. The van der Waals surface area contributed by atoms with E-state index in [0.29, 0.717) is 5.82 Å². The number of fused-ring (bicyclic) bond motifs is 1. The fourth-order valence-electron chi connectivity index (χ4n) is 4.07. The molecule has 3 aromatic rings. The van der Waals surface area contributed by atoms with Crippen molar-refractivity contribution in [3.05, 3.63) is 59.9 Å². The standard InChI is InChI=1S/C22H29N5O3S/c1-16(2)21(25-31(3,28)29)22-24-23-20-10-11-26(12-13-27(20)22)15-17-7-4-5-8-18(17)19-9-6-14-30-19/h4-9,14,16,21,25H,10-13,15H2,1-3H3/t21-/m1/s1. The molecule has 3 heterocycles. The van der Waals surface area contributed by atoms with E-state index in [-0.39, 0.29) is 5.92 Å². The molecule has 1 aromatic carbocycles. The van der Waals surface area contributed by atoms with Gasteiger partial charge in [-0.1, -0.05) is 38.1 Å². The van der Waals surface area contributed by atoms with Crippen LogP contribution in [-0.2, 0) is 29.5 Å². The largest absolute Gasteiger partial charge is 0.464 e. The average molecular weight is 444 g/mol. The first-order valence-electron chi connectivity index (χ1n) is 10.6. The van der Waals surface area contributed by atoms with E-state index >= 15 is 0 Å². The molecule has 0 radical (unpaired) electrons. The van der Waals surface area contributed by atoms with Crippen LogP contribution >= 0.6 is 0 Å². The third-order valence-corrected chi connectivity index (χ3v) is 6.31. The van der Waals surface area contributed by atoms with E-state index in [1.165, 1.54) is 11.8 Å². The molecule has 0 unspecified atom stereocenters. The van der Waals surface area contributed by atoms with Gasteiger partial charge in [-0.3, -0.25) is 4.90 Å². The molecule has 1 aliphatic rings. The highest BCUT2D eigenvalue weighted by Gasteiger charge is 2.28. The number of aromatic nitrogens is 3. The number of hydrogen-bond donors (Lipinski definition) is 1. The number of sulfonamides is 1. The number of furan rings is 1. The summed E-state index contributed by atoms with van der Waals surface area (Å²) in [4.78, 5) is 2.40. The molecule has 0 spiro atoms. The Morgan fingerprint density at radius 3 is 2.61 bits per heavy atom. The molecule has 1 atom stereocenters. The van der Waals surface area contributed by atoms with Crippen LogP contribution in [0.4, 0.5) is 0 Å². The van der Waals surface area contributed by atoms with Crippen LogP contribution in [0.5, 0.6) is 0 Å². The van der Waals surface area contributed by atoms with Crippen LogP contribution in [0, 0.1) is 5.92 Å². The van der Waals surface area contributed by atoms with Gasteiger partial charge in [0, 0.05) is 38.2 Å². The summed E-state index contributed by atoms with van der Waals surface area (Å²) in [5.74, 6) is 2.52. The lowest BCUT2D eigenvalue weighted by atomic mass is 10.0. The first kappa shape index (κ1) is 21.7. The first-order valence-corrected chi connectivity index (χ1v) is 12.4. The van der Waals surface area contributed by atoms with Crippen molar-refractivity contribution in [2.75, 3.05) is 19.3 Å². The lowest BCUT2D eigenvalue weighted by molar-refractivity contribution is 0.269. The lowest BCUT2D eigenvalue weighted by Gasteiger charge is -2.23. The molecule has 0 saturated heterocycles. The minimum Gasteiger partial charge on any atom is -0.464 e. The number of nitrogens with zero attached hydrogens (tertiary/aromatic N) is 4. The maximum absolute atomic E-state index is 11.9. The van der Waals surface area contributed by atoms with Gasteiger partial charge in [-0.2, -0.15) is 0 Å². The zero-order chi connectivity index (χ0) is 22.0. The lowest BCUT2D eigenvalue weighted by Crippen LogP contribution is -2.33. The van der Waals surface area contributed by atoms with E-state index < -0.39 is 16.1 Å². The van der Waals surface area contributed by atoms with Crippen molar-refractivity contribution in [1.82, 2.24) is 24.4 Å². The van der Waals surface area contributed by atoms with E-state index in [1.807, 2.05) is 32.0 Å². The van der Waals surface area contributed by atoms with Crippen LogP contribution in [0.25, 0.3) is 11.3 Å². The Morgan fingerprint density at radius 1 is 1.10 bits per heavy atom. The summed E-state index contributed by atoms with van der Waals surface area (Å²) in [6.45, 7) is 7.18. The normalized spacial score (nSPS) is 16.3. The average Bonchev–Trinajstić information content (AvgIpc) is 3.34. The van der Waals surface area contributed by atoms with Crippen molar-refractivity contribution in [2.45, 2.75) is 39.4 Å². The van der Waals surface area contributed by atoms with Crippen LogP contribution in [0.3, 0.4) is 0 Å². The van der Waals surface area contributed by atoms with Crippen molar-refractivity contribution in [3.63, 3.8) is 0 Å². The summed E-state index contributed by atoms with van der Waals surface area (Å²) in [6, 6.07) is 11.8. The molecular weight excluding hydrogens is 414 g/mol. The quantitative estimate of drug-likeness (QED) is 0.604. The highest BCUT2D eigenvalue weighted by atomic mass is 32.2. The van der Waals surface area contributed by atoms with E-state index in [2.05, 4.69) is 42.6 Å². The molecule has 8 nitrogen and oxygen atoms in total. The van der Waals surface area contributed by atoms with Crippen molar-refractivity contribution in [3.8, 4) is 11.3 Å². The maximum Gasteiger partial charge on any atom is 0.209 e. The predicted molar refractivity (Wildman–Crippen MR) is 119 cm³/mol. The summed E-state index contributed by atoms with van der Waals surface area (Å²) in [7, 11) is -3.36. The molecule has 0 amide bonds. The van der Waals surface area contributed by atoms with Crippen molar-refractivity contribution in [2.24, 2.45) is 5.92 Å². The molecule has 166 valence electrons. The van der Waals surface area contributed by atoms with Gasteiger partial charge >= 0.3 is 0 Å². The minimum absolute atomic E-state index is 0.0579. The molecule has 4 rings (SSSR count). The molecule has 2 aromatic heterocycles. The fourth-order valence-corrected chi connectivity index (χ4v) is 4.90. The summed E-state index contributed by atoms with van der Waals surface area (Å²) >= 11 is 0. The van der Waals surface area contributed by atoms with Crippen molar-refractivity contribution < 1.29 is 12.8 Å². The van der Waals surface area contributed by atoms with E-state index in [4.69, 9.17) is 4.42 Å². The molecule has 1 aliphatic heterocycles. The van der Waals surface area contributed by atoms with Gasteiger partial charge in [-0.05, 0) is 23.6 Å². The van der Waals surface area contributed by atoms with E-state index in [9.17, 15) is 8.42 Å². The van der Waals surface area contributed by atoms with Crippen LogP contribution in [-0.4, -0.2) is 47.4 Å². The van der Waals surface area contributed by atoms with Gasteiger partial charge in [-0.15, -0.1) is 10.2 Å². The van der Waals surface area contributed by atoms with Crippen LogP contribution in [0.2, 0.25) is 0 Å². The van der Waals surface area contributed by atoms with Gasteiger partial charge in [0.15, 0.2) is 5.82 Å². The van der Waals surface area contributed by atoms with Gasteiger partial charge in [0.2, 0.25) is 10.0 Å². The second-order valence-corrected chi connectivity index (χ2v) is 10.2. The second kappa shape index (κ2) is 8.94. The molecule has 9 heteroatoms. The van der Waals surface area contributed by atoms with Gasteiger partial charge in [0.1, 0.15) is 11.6 Å². The third kappa shape index (κ3) is 5.06. The highest BCUT2D eigenvalue weighted by Crippen LogP contribution is 2.27. The van der Waals surface area contributed by atoms with Gasteiger partial charge in [0.05, 0.1) is 18.6 Å². The topological polar surface area (TPSA) is 93.3 Å². The molecule has 0 saturated carbocycles. The number of rotatable bonds is 7. The Kier molecular flexibility index (Phi) is 6.27. The molecule has 1 N–H and O–H groups in total. The zero-order valence-corrected chi connectivity index (χ0v) is 19.0. The van der Waals surface area contributed by atoms with Gasteiger partial charge in [-0.25, -0.2) is 13.1 Å². The van der Waals surface area contributed by atoms with Gasteiger partial charge < -0.3 is 8.98 Å². The first-order chi connectivity index (χ1) is 14.8. The fraction of sp³-hybridized carbons (Fsp3) is 0.455. The van der Waals surface area contributed by atoms with E-state index in [0.717, 1.165) is 49.7 Å². The Balaban J connectivity index is 1.52. The predicted octanol–water partition coefficient (Wildman–Crippen LogP) is 2.84. The zero-order valence-electron chi connectivity index (χ0n) is 18.2. The molecule has 0 aliphatic carbocycles. The highest BCUT2D eigenvalue weighted by molar-refractivity contribution is 7.88. The summed E-state index contributed by atoms with van der Waals surface area (Å²) < 4.78 is 34.2. The Bertz CT molecular complexity index is 1120. The smallest absolute Gasteiger partial charge is 0.209 e. The SMILES string of the molecule is CC(C)[C@@H](NS(C)(=O)=O)c1nnc2n1CCN(Cc1ccccc1-c1ccco1)CC2. The van der Waals surface area contributed by atoms with Gasteiger partial charge in [0.25, 0.3) is 0 Å². The van der Waals surface area contributed by atoms with Crippen molar-refractivity contribution in [1.29, 1.82) is 0 Å². The molecule has 31 heavy (non-hydrogen) atoms. The van der Waals surface area contributed by atoms with Crippen LogP contribution in [0.15, 0.2) is 47.1 Å². The minimum atomic E-state index is -3.36. The summed E-state index contributed by atoms with van der Waals surface area (Å²) in [5.41, 5.74) is 2.32. The summed E-state index contributed by atoms with van der Waals surface area (Å²) in [6.07, 6.45) is 3.64. The third-order valence-electron chi connectivity index (χ3n) is 5.63. The monoisotopic (exact) mass is 443 g/mol.